The van der Waals surface area contributed by atoms with Crippen molar-refractivity contribution in [3.8, 4) is 0 Å². The van der Waals surface area contributed by atoms with Gasteiger partial charge in [-0.15, -0.1) is 0 Å². The number of hydrogen-bond donors (Lipinski definition) is 1. The normalized spacial score (nSPS) is 28.9. The summed E-state index contributed by atoms with van der Waals surface area (Å²) in [5, 5.41) is 3.77. The average molecular weight is 277 g/mol. The SMILES string of the molecule is CC(NC1CC(c2ccc(F)cc2)C1)C1CCOCC1. The van der Waals surface area contributed by atoms with Gasteiger partial charge in [-0.2, -0.15) is 0 Å². The first-order valence-corrected chi connectivity index (χ1v) is 7.81. The highest BCUT2D eigenvalue weighted by atomic mass is 19.1. The summed E-state index contributed by atoms with van der Waals surface area (Å²) < 4.78 is 18.3. The molecule has 1 aliphatic heterocycles. The van der Waals surface area contributed by atoms with Crippen LogP contribution in [0.3, 0.4) is 0 Å². The summed E-state index contributed by atoms with van der Waals surface area (Å²) in [5.41, 5.74) is 1.28. The van der Waals surface area contributed by atoms with Crippen LogP contribution in [0.5, 0.6) is 0 Å². The molecule has 3 heteroatoms. The molecule has 0 spiro atoms. The van der Waals surface area contributed by atoms with Crippen LogP contribution in [-0.4, -0.2) is 25.3 Å². The molecule has 1 aromatic carbocycles. The van der Waals surface area contributed by atoms with Gasteiger partial charge in [0, 0.05) is 25.3 Å². The lowest BCUT2D eigenvalue weighted by Gasteiger charge is -2.40. The molecule has 1 heterocycles. The van der Waals surface area contributed by atoms with Crippen molar-refractivity contribution in [2.75, 3.05) is 13.2 Å². The predicted molar refractivity (Wildman–Crippen MR) is 78.3 cm³/mol. The Kier molecular flexibility index (Phi) is 4.37. The van der Waals surface area contributed by atoms with E-state index in [1.165, 1.54) is 31.2 Å². The molecule has 0 aromatic heterocycles. The molecule has 2 nitrogen and oxygen atoms in total. The third-order valence-corrected chi connectivity index (χ3v) is 4.95. The monoisotopic (exact) mass is 277 g/mol. The molecular weight excluding hydrogens is 253 g/mol. The molecule has 2 aliphatic rings. The van der Waals surface area contributed by atoms with Gasteiger partial charge in [0.15, 0.2) is 0 Å². The Morgan fingerprint density at radius 1 is 1.15 bits per heavy atom. The molecule has 110 valence electrons. The first kappa shape index (κ1) is 14.0. The zero-order valence-electron chi connectivity index (χ0n) is 12.1. The highest BCUT2D eigenvalue weighted by molar-refractivity contribution is 5.23. The van der Waals surface area contributed by atoms with Gasteiger partial charge in [-0.05, 0) is 62.1 Å². The molecule has 1 saturated heterocycles. The summed E-state index contributed by atoms with van der Waals surface area (Å²) in [4.78, 5) is 0. The lowest BCUT2D eigenvalue weighted by atomic mass is 9.75. The van der Waals surface area contributed by atoms with Crippen LogP contribution in [0.2, 0.25) is 0 Å². The standard InChI is InChI=1S/C17H24FNO/c1-12(13-6-8-20-9-7-13)19-17-10-15(11-17)14-2-4-16(18)5-3-14/h2-5,12-13,15,17,19H,6-11H2,1H3. The van der Waals surface area contributed by atoms with E-state index in [9.17, 15) is 4.39 Å². The third-order valence-electron chi connectivity index (χ3n) is 4.95. The largest absolute Gasteiger partial charge is 0.381 e. The molecular formula is C17H24FNO. The molecule has 1 unspecified atom stereocenters. The van der Waals surface area contributed by atoms with Crippen LogP contribution < -0.4 is 5.32 Å². The van der Waals surface area contributed by atoms with Crippen LogP contribution in [-0.2, 0) is 4.74 Å². The van der Waals surface area contributed by atoms with Crippen molar-refractivity contribution in [1.29, 1.82) is 0 Å². The number of rotatable bonds is 4. The van der Waals surface area contributed by atoms with E-state index in [0.717, 1.165) is 19.1 Å². The molecule has 1 N–H and O–H groups in total. The summed E-state index contributed by atoms with van der Waals surface area (Å²) in [6, 6.07) is 8.21. The fourth-order valence-electron chi connectivity index (χ4n) is 3.48. The van der Waals surface area contributed by atoms with Crippen molar-refractivity contribution >= 4 is 0 Å². The van der Waals surface area contributed by atoms with Crippen LogP contribution in [0, 0.1) is 11.7 Å². The summed E-state index contributed by atoms with van der Waals surface area (Å²) in [5.74, 6) is 1.22. The molecule has 0 bridgehead atoms. The summed E-state index contributed by atoms with van der Waals surface area (Å²) in [6.07, 6.45) is 4.73. The molecule has 1 saturated carbocycles. The van der Waals surface area contributed by atoms with Crippen molar-refractivity contribution in [3.05, 3.63) is 35.6 Å². The number of ether oxygens (including phenoxy) is 1. The van der Waals surface area contributed by atoms with E-state index in [1.807, 2.05) is 12.1 Å². The van der Waals surface area contributed by atoms with Crippen molar-refractivity contribution < 1.29 is 9.13 Å². The number of benzene rings is 1. The summed E-state index contributed by atoms with van der Waals surface area (Å²) in [6.45, 7) is 4.14. The second kappa shape index (κ2) is 6.23. The zero-order chi connectivity index (χ0) is 13.9. The molecule has 2 fully saturated rings. The maximum atomic E-state index is 12.9. The minimum Gasteiger partial charge on any atom is -0.381 e. The van der Waals surface area contributed by atoms with Gasteiger partial charge in [0.05, 0.1) is 0 Å². The van der Waals surface area contributed by atoms with Crippen LogP contribution >= 0.6 is 0 Å². The smallest absolute Gasteiger partial charge is 0.123 e. The predicted octanol–water partition coefficient (Wildman–Crippen LogP) is 3.48. The number of nitrogens with one attached hydrogen (secondary N) is 1. The van der Waals surface area contributed by atoms with Gasteiger partial charge in [-0.25, -0.2) is 4.39 Å². The third kappa shape index (κ3) is 3.21. The van der Waals surface area contributed by atoms with Gasteiger partial charge in [-0.1, -0.05) is 12.1 Å². The Bertz CT molecular complexity index is 421. The Hall–Kier alpha value is -0.930. The van der Waals surface area contributed by atoms with Crippen molar-refractivity contribution in [3.63, 3.8) is 0 Å². The van der Waals surface area contributed by atoms with Crippen LogP contribution in [0.25, 0.3) is 0 Å². The van der Waals surface area contributed by atoms with E-state index in [-0.39, 0.29) is 5.82 Å². The van der Waals surface area contributed by atoms with Crippen LogP contribution in [0.15, 0.2) is 24.3 Å². The zero-order valence-corrected chi connectivity index (χ0v) is 12.1. The fraction of sp³-hybridized carbons (Fsp3) is 0.647. The van der Waals surface area contributed by atoms with Crippen molar-refractivity contribution in [1.82, 2.24) is 5.32 Å². The number of halogens is 1. The van der Waals surface area contributed by atoms with Gasteiger partial charge in [0.2, 0.25) is 0 Å². The second-order valence-corrected chi connectivity index (χ2v) is 6.32. The topological polar surface area (TPSA) is 21.3 Å². The molecule has 1 aliphatic carbocycles. The molecule has 3 rings (SSSR count). The number of hydrogen-bond acceptors (Lipinski definition) is 2. The van der Waals surface area contributed by atoms with E-state index in [0.29, 0.717) is 18.0 Å². The molecule has 20 heavy (non-hydrogen) atoms. The van der Waals surface area contributed by atoms with E-state index >= 15 is 0 Å². The quantitative estimate of drug-likeness (QED) is 0.910. The Morgan fingerprint density at radius 3 is 2.45 bits per heavy atom. The highest BCUT2D eigenvalue weighted by Gasteiger charge is 2.32. The second-order valence-electron chi connectivity index (χ2n) is 6.32. The molecule has 0 amide bonds. The van der Waals surface area contributed by atoms with Gasteiger partial charge < -0.3 is 10.1 Å². The minimum absolute atomic E-state index is 0.143. The van der Waals surface area contributed by atoms with E-state index in [4.69, 9.17) is 4.74 Å². The first-order valence-electron chi connectivity index (χ1n) is 7.81. The van der Waals surface area contributed by atoms with Gasteiger partial charge >= 0.3 is 0 Å². The first-order chi connectivity index (χ1) is 9.72. The molecule has 1 atom stereocenters. The van der Waals surface area contributed by atoms with Crippen LogP contribution in [0.4, 0.5) is 4.39 Å². The van der Waals surface area contributed by atoms with E-state index in [2.05, 4.69) is 12.2 Å². The molecule has 1 aromatic rings. The lowest BCUT2D eigenvalue weighted by Crippen LogP contribution is -2.48. The van der Waals surface area contributed by atoms with E-state index in [1.54, 1.807) is 12.1 Å². The Labute approximate surface area is 120 Å². The van der Waals surface area contributed by atoms with Crippen molar-refractivity contribution in [2.24, 2.45) is 5.92 Å². The fourth-order valence-corrected chi connectivity index (χ4v) is 3.48. The Morgan fingerprint density at radius 2 is 1.80 bits per heavy atom. The summed E-state index contributed by atoms with van der Waals surface area (Å²) >= 11 is 0. The van der Waals surface area contributed by atoms with E-state index < -0.39 is 0 Å². The van der Waals surface area contributed by atoms with Gasteiger partial charge in [-0.3, -0.25) is 0 Å². The molecule has 0 radical (unpaired) electrons. The van der Waals surface area contributed by atoms with Crippen molar-refractivity contribution in [2.45, 2.75) is 50.6 Å². The van der Waals surface area contributed by atoms with Gasteiger partial charge in [0.25, 0.3) is 0 Å². The van der Waals surface area contributed by atoms with Crippen LogP contribution in [0.1, 0.15) is 44.1 Å². The highest BCUT2D eigenvalue weighted by Crippen LogP contribution is 2.37. The lowest BCUT2D eigenvalue weighted by molar-refractivity contribution is 0.0519. The van der Waals surface area contributed by atoms with Gasteiger partial charge in [0.1, 0.15) is 5.82 Å². The Balaban J connectivity index is 1.44. The maximum Gasteiger partial charge on any atom is 0.123 e. The average Bonchev–Trinajstić information content (AvgIpc) is 2.44. The minimum atomic E-state index is -0.143. The maximum absolute atomic E-state index is 12.9. The summed E-state index contributed by atoms with van der Waals surface area (Å²) in [7, 11) is 0.